The molecule has 1 saturated carbocycles. The molecule has 0 unspecified atom stereocenters. The van der Waals surface area contributed by atoms with Crippen molar-refractivity contribution in [3.05, 3.63) is 23.3 Å². The molecule has 0 aromatic carbocycles. The molecule has 0 saturated heterocycles. The van der Waals surface area contributed by atoms with Crippen LogP contribution in [0.15, 0.2) is 11.4 Å². The van der Waals surface area contributed by atoms with Gasteiger partial charge in [-0.05, 0) is 19.1 Å². The Balaban J connectivity index is 1.87. The number of ether oxygens (including phenoxy) is 1. The molecular weight excluding hydrogens is 336 g/mol. The molecule has 3 heterocycles. The highest BCUT2D eigenvalue weighted by Crippen LogP contribution is 2.45. The fraction of sp³-hybridized carbons (Fsp3) is 0.471. The van der Waals surface area contributed by atoms with E-state index in [4.69, 9.17) is 14.7 Å². The van der Waals surface area contributed by atoms with E-state index >= 15 is 0 Å². The predicted octanol–water partition coefficient (Wildman–Crippen LogP) is 2.38. The Morgan fingerprint density at radius 1 is 1.32 bits per heavy atom. The summed E-state index contributed by atoms with van der Waals surface area (Å²) in [6, 6.07) is 0. The predicted molar refractivity (Wildman–Crippen MR) is 93.1 cm³/mol. The molecule has 2 aliphatic rings. The summed E-state index contributed by atoms with van der Waals surface area (Å²) < 4.78 is 5.48. The first kappa shape index (κ1) is 16.1. The van der Waals surface area contributed by atoms with Crippen molar-refractivity contribution in [2.24, 2.45) is 0 Å². The second kappa shape index (κ2) is 6.48. The van der Waals surface area contributed by atoms with E-state index in [0.717, 1.165) is 46.8 Å². The van der Waals surface area contributed by atoms with Crippen molar-refractivity contribution in [1.29, 1.82) is 5.26 Å². The highest BCUT2D eigenvalue weighted by Gasteiger charge is 2.32. The molecule has 128 valence electrons. The van der Waals surface area contributed by atoms with Crippen LogP contribution >= 0.6 is 11.8 Å². The van der Waals surface area contributed by atoms with Crippen LogP contribution in [-0.2, 0) is 13.0 Å². The Bertz CT molecular complexity index is 844. The summed E-state index contributed by atoms with van der Waals surface area (Å²) in [6.45, 7) is 1.26. The van der Waals surface area contributed by atoms with Crippen molar-refractivity contribution in [3.63, 3.8) is 0 Å². The van der Waals surface area contributed by atoms with Crippen LogP contribution in [0.25, 0.3) is 11.4 Å². The summed E-state index contributed by atoms with van der Waals surface area (Å²) in [5.41, 5.74) is 3.85. The lowest BCUT2D eigenvalue weighted by Gasteiger charge is -2.25. The molecule has 1 aliphatic carbocycles. The number of fused-ring (bicyclic) bond motifs is 1. The van der Waals surface area contributed by atoms with Gasteiger partial charge in [-0.1, -0.05) is 0 Å². The van der Waals surface area contributed by atoms with E-state index in [9.17, 15) is 5.26 Å². The van der Waals surface area contributed by atoms with E-state index in [2.05, 4.69) is 16.2 Å². The number of methoxy groups -OCH3 is 1. The molecule has 7 nitrogen and oxygen atoms in total. The van der Waals surface area contributed by atoms with Gasteiger partial charge in [-0.2, -0.15) is 5.26 Å². The quantitative estimate of drug-likeness (QED) is 0.470. The van der Waals surface area contributed by atoms with Gasteiger partial charge in [0.2, 0.25) is 5.88 Å². The number of aromatic nitrogens is 4. The largest absolute Gasteiger partial charge is 0.480 e. The van der Waals surface area contributed by atoms with Crippen LogP contribution in [0.3, 0.4) is 0 Å². The summed E-state index contributed by atoms with van der Waals surface area (Å²) in [7, 11) is 1.61. The second-order valence-electron chi connectivity index (χ2n) is 6.17. The van der Waals surface area contributed by atoms with Gasteiger partial charge in [-0.3, -0.25) is 0 Å². The Labute approximate surface area is 150 Å². The zero-order valence-corrected chi connectivity index (χ0v) is 15.0. The number of hydrogen-bond acceptors (Lipinski definition) is 8. The summed E-state index contributed by atoms with van der Waals surface area (Å²) in [4.78, 5) is 20.1. The normalized spacial score (nSPS) is 16.3. The van der Waals surface area contributed by atoms with E-state index in [1.165, 1.54) is 0 Å². The molecule has 0 N–H and O–H groups in total. The minimum absolute atomic E-state index is 0.443. The van der Waals surface area contributed by atoms with Gasteiger partial charge in [0.05, 0.1) is 25.0 Å². The Kier molecular flexibility index (Phi) is 4.17. The third-order valence-electron chi connectivity index (χ3n) is 4.58. The van der Waals surface area contributed by atoms with Gasteiger partial charge in [-0.25, -0.2) is 19.9 Å². The topological polar surface area (TPSA) is 87.8 Å². The first-order valence-corrected chi connectivity index (χ1v) is 9.45. The first-order valence-electron chi connectivity index (χ1n) is 8.22. The van der Waals surface area contributed by atoms with Crippen LogP contribution in [0.5, 0.6) is 5.88 Å². The van der Waals surface area contributed by atoms with Crippen LogP contribution in [-0.4, -0.2) is 44.7 Å². The molecule has 0 radical (unpaired) electrons. The Morgan fingerprint density at radius 3 is 2.84 bits per heavy atom. The van der Waals surface area contributed by atoms with E-state index in [1.54, 1.807) is 30.1 Å². The maximum atomic E-state index is 9.18. The number of nitrogens with zero attached hydrogens (tertiary/aromatic N) is 6. The summed E-state index contributed by atoms with van der Waals surface area (Å²) in [5, 5.41) is 10.1. The van der Waals surface area contributed by atoms with E-state index in [1.807, 2.05) is 6.26 Å². The van der Waals surface area contributed by atoms with Crippen LogP contribution in [0.2, 0.25) is 0 Å². The Morgan fingerprint density at radius 2 is 2.16 bits per heavy atom. The van der Waals surface area contributed by atoms with Gasteiger partial charge in [0.1, 0.15) is 16.9 Å². The minimum atomic E-state index is 0.443. The maximum Gasteiger partial charge on any atom is 0.227 e. The summed E-state index contributed by atoms with van der Waals surface area (Å²) >= 11 is 1.58. The number of rotatable bonds is 4. The van der Waals surface area contributed by atoms with Crippen molar-refractivity contribution in [2.45, 2.75) is 36.8 Å². The molecule has 2 aromatic rings. The molecule has 8 heteroatoms. The van der Waals surface area contributed by atoms with Crippen LogP contribution in [0.1, 0.15) is 35.7 Å². The molecule has 0 amide bonds. The monoisotopic (exact) mass is 354 g/mol. The smallest absolute Gasteiger partial charge is 0.227 e. The lowest BCUT2D eigenvalue weighted by Crippen LogP contribution is -2.28. The van der Waals surface area contributed by atoms with Crippen LogP contribution < -0.4 is 4.74 Å². The average Bonchev–Trinajstić information content (AvgIpc) is 3.51. The van der Waals surface area contributed by atoms with E-state index < -0.39 is 0 Å². The third kappa shape index (κ3) is 2.89. The molecule has 0 atom stereocenters. The Hall–Kier alpha value is -2.40. The standard InChI is InChI=1S/C17H18N6OS/c1-24-16-13(14(10-3-4-10)19-9-20-16)15-21-12-5-6-23(8-18)7-11(12)17(22-15)25-2/h9-10H,3-7H2,1-2H3. The number of thioether (sulfide) groups is 1. The van der Waals surface area contributed by atoms with E-state index in [0.29, 0.717) is 30.7 Å². The molecule has 4 rings (SSSR count). The molecule has 1 fully saturated rings. The van der Waals surface area contributed by atoms with Crippen LogP contribution in [0.4, 0.5) is 0 Å². The highest BCUT2D eigenvalue weighted by atomic mass is 32.2. The van der Waals surface area contributed by atoms with E-state index in [-0.39, 0.29) is 0 Å². The van der Waals surface area contributed by atoms with Gasteiger partial charge in [-0.15, -0.1) is 11.8 Å². The second-order valence-corrected chi connectivity index (χ2v) is 6.97. The summed E-state index contributed by atoms with van der Waals surface area (Å²) in [5.74, 6) is 1.60. The molecule has 1 aliphatic heterocycles. The molecule has 25 heavy (non-hydrogen) atoms. The first-order chi connectivity index (χ1) is 12.2. The van der Waals surface area contributed by atoms with Gasteiger partial charge in [0.25, 0.3) is 0 Å². The molecule has 0 bridgehead atoms. The van der Waals surface area contributed by atoms with Crippen molar-refractivity contribution in [1.82, 2.24) is 24.8 Å². The fourth-order valence-corrected chi connectivity index (χ4v) is 3.77. The van der Waals surface area contributed by atoms with Crippen molar-refractivity contribution in [3.8, 4) is 23.5 Å². The molecular formula is C17H18N6OS. The van der Waals surface area contributed by atoms with Gasteiger partial charge >= 0.3 is 0 Å². The minimum Gasteiger partial charge on any atom is -0.480 e. The van der Waals surface area contributed by atoms with Gasteiger partial charge in [0.15, 0.2) is 12.0 Å². The maximum absolute atomic E-state index is 9.18. The van der Waals surface area contributed by atoms with Crippen molar-refractivity contribution < 1.29 is 4.74 Å². The van der Waals surface area contributed by atoms with Crippen molar-refractivity contribution in [2.75, 3.05) is 19.9 Å². The fourth-order valence-electron chi connectivity index (χ4n) is 3.16. The lowest BCUT2D eigenvalue weighted by atomic mass is 10.1. The molecule has 2 aromatic heterocycles. The zero-order valence-electron chi connectivity index (χ0n) is 14.2. The SMILES string of the molecule is COc1ncnc(C2CC2)c1-c1nc2c(c(SC)n1)CN(C#N)CC2. The third-order valence-corrected chi connectivity index (χ3v) is 5.30. The van der Waals surface area contributed by atoms with Crippen LogP contribution in [0, 0.1) is 11.5 Å². The summed E-state index contributed by atoms with van der Waals surface area (Å²) in [6.07, 6.45) is 8.77. The highest BCUT2D eigenvalue weighted by molar-refractivity contribution is 7.98. The van der Waals surface area contributed by atoms with Gasteiger partial charge in [0, 0.05) is 24.4 Å². The molecule has 0 spiro atoms. The zero-order chi connectivity index (χ0) is 17.4. The lowest BCUT2D eigenvalue weighted by molar-refractivity contribution is 0.358. The number of nitriles is 1. The number of hydrogen-bond donors (Lipinski definition) is 0. The average molecular weight is 354 g/mol. The van der Waals surface area contributed by atoms with Crippen molar-refractivity contribution >= 4 is 11.8 Å². The van der Waals surface area contributed by atoms with Gasteiger partial charge < -0.3 is 9.64 Å².